The van der Waals surface area contributed by atoms with Crippen molar-refractivity contribution in [2.75, 3.05) is 27.3 Å². The molecule has 3 aromatic rings. The van der Waals surface area contributed by atoms with Gasteiger partial charge in [0, 0.05) is 55.4 Å². The first kappa shape index (κ1) is 19.3. The van der Waals surface area contributed by atoms with E-state index in [1.165, 1.54) is 0 Å². The highest BCUT2D eigenvalue weighted by Gasteiger charge is 2.26. The molecule has 7 nitrogen and oxygen atoms in total. The Kier molecular flexibility index (Phi) is 5.95. The zero-order valence-electron chi connectivity index (χ0n) is 16.8. The fourth-order valence-corrected chi connectivity index (χ4v) is 4.02. The van der Waals surface area contributed by atoms with Gasteiger partial charge in [-0.3, -0.25) is 14.9 Å². The van der Waals surface area contributed by atoms with E-state index in [0.29, 0.717) is 24.0 Å². The summed E-state index contributed by atoms with van der Waals surface area (Å²) in [5.74, 6) is 1.75. The quantitative estimate of drug-likeness (QED) is 0.638. The molecule has 1 aliphatic rings. The van der Waals surface area contributed by atoms with Gasteiger partial charge < -0.3 is 9.47 Å². The number of aromatic nitrogens is 4. The maximum absolute atomic E-state index is 5.56. The van der Waals surface area contributed by atoms with Crippen LogP contribution in [0.5, 0.6) is 11.5 Å². The van der Waals surface area contributed by atoms with Crippen molar-refractivity contribution < 1.29 is 9.47 Å². The minimum atomic E-state index is 0.339. The predicted octanol–water partition coefficient (Wildman–Crippen LogP) is 3.33. The lowest BCUT2D eigenvalue weighted by Gasteiger charge is -2.33. The van der Waals surface area contributed by atoms with E-state index < -0.39 is 0 Å². The molecule has 0 bridgehead atoms. The number of nitrogens with zero attached hydrogens (tertiary/aromatic N) is 5. The zero-order chi connectivity index (χ0) is 20.1. The van der Waals surface area contributed by atoms with Gasteiger partial charge >= 0.3 is 0 Å². The average Bonchev–Trinajstić information content (AvgIpc) is 2.79. The fourth-order valence-electron chi connectivity index (χ4n) is 4.02. The number of ether oxygens (including phenoxy) is 2. The van der Waals surface area contributed by atoms with Crippen molar-refractivity contribution in [3.05, 3.63) is 60.7 Å². The Morgan fingerprint density at radius 3 is 2.69 bits per heavy atom. The van der Waals surface area contributed by atoms with E-state index in [-0.39, 0.29) is 0 Å². The number of methoxy groups -OCH3 is 2. The normalized spacial score (nSPS) is 17.1. The van der Waals surface area contributed by atoms with Gasteiger partial charge in [0.2, 0.25) is 0 Å². The van der Waals surface area contributed by atoms with Crippen molar-refractivity contribution in [3.8, 4) is 22.6 Å². The highest BCUT2D eigenvalue weighted by atomic mass is 16.5. The van der Waals surface area contributed by atoms with E-state index in [0.717, 1.165) is 48.4 Å². The van der Waals surface area contributed by atoms with Crippen molar-refractivity contribution in [1.29, 1.82) is 0 Å². The van der Waals surface area contributed by atoms with Gasteiger partial charge in [0.15, 0.2) is 11.5 Å². The van der Waals surface area contributed by atoms with Crippen molar-refractivity contribution in [3.63, 3.8) is 0 Å². The van der Waals surface area contributed by atoms with E-state index in [2.05, 4.69) is 24.8 Å². The fraction of sp³-hybridized carbons (Fsp3) is 0.364. The van der Waals surface area contributed by atoms with Gasteiger partial charge in [0.25, 0.3) is 0 Å². The molecule has 0 N–H and O–H groups in total. The van der Waals surface area contributed by atoms with Gasteiger partial charge in [-0.2, -0.15) is 0 Å². The Labute approximate surface area is 170 Å². The molecule has 0 amide bonds. The molecule has 1 fully saturated rings. The van der Waals surface area contributed by atoms with E-state index in [1.54, 1.807) is 39.1 Å². The smallest absolute Gasteiger partial charge is 0.183 e. The Hall–Kier alpha value is -3.06. The van der Waals surface area contributed by atoms with Crippen LogP contribution in [-0.4, -0.2) is 52.1 Å². The number of pyridine rings is 2. The summed E-state index contributed by atoms with van der Waals surface area (Å²) in [6.07, 6.45) is 11.1. The summed E-state index contributed by atoms with van der Waals surface area (Å²) in [5.41, 5.74) is 4.17. The molecule has 1 atom stereocenters. The summed E-state index contributed by atoms with van der Waals surface area (Å²) < 4.78 is 11.0. The van der Waals surface area contributed by atoms with Crippen LogP contribution in [-0.2, 0) is 6.54 Å². The van der Waals surface area contributed by atoms with Crippen LogP contribution in [0.4, 0.5) is 0 Å². The van der Waals surface area contributed by atoms with Gasteiger partial charge in [0.1, 0.15) is 12.0 Å². The van der Waals surface area contributed by atoms with Crippen LogP contribution in [0.25, 0.3) is 11.1 Å². The number of rotatable bonds is 6. The first-order valence-electron chi connectivity index (χ1n) is 9.78. The second kappa shape index (κ2) is 8.96. The van der Waals surface area contributed by atoms with E-state index in [9.17, 15) is 0 Å². The van der Waals surface area contributed by atoms with Crippen molar-refractivity contribution in [1.82, 2.24) is 24.8 Å². The van der Waals surface area contributed by atoms with E-state index >= 15 is 0 Å². The number of hydrogen-bond donors (Lipinski definition) is 0. The molecule has 0 spiro atoms. The van der Waals surface area contributed by atoms with E-state index in [1.807, 2.05) is 24.4 Å². The largest absolute Gasteiger partial charge is 0.493 e. The van der Waals surface area contributed by atoms with Crippen LogP contribution in [0.2, 0.25) is 0 Å². The maximum atomic E-state index is 5.56. The predicted molar refractivity (Wildman–Crippen MR) is 110 cm³/mol. The van der Waals surface area contributed by atoms with Gasteiger partial charge in [-0.15, -0.1) is 0 Å². The van der Waals surface area contributed by atoms with Gasteiger partial charge in [-0.25, -0.2) is 9.97 Å². The van der Waals surface area contributed by atoms with Crippen LogP contribution < -0.4 is 9.47 Å². The van der Waals surface area contributed by atoms with Crippen molar-refractivity contribution in [2.24, 2.45) is 0 Å². The lowest BCUT2D eigenvalue weighted by molar-refractivity contribution is 0.193. The van der Waals surface area contributed by atoms with Crippen LogP contribution in [0.1, 0.15) is 30.1 Å². The third kappa shape index (κ3) is 4.19. The molecule has 0 saturated carbocycles. The molecule has 29 heavy (non-hydrogen) atoms. The third-order valence-corrected chi connectivity index (χ3v) is 5.37. The number of piperidine rings is 1. The summed E-state index contributed by atoms with van der Waals surface area (Å²) in [4.78, 5) is 20.0. The van der Waals surface area contributed by atoms with Gasteiger partial charge in [-0.05, 0) is 37.1 Å². The molecule has 0 radical (unpaired) electrons. The molecule has 4 rings (SSSR count). The van der Waals surface area contributed by atoms with E-state index in [4.69, 9.17) is 9.47 Å². The Bertz CT molecular complexity index is 951. The second-order valence-corrected chi connectivity index (χ2v) is 7.12. The summed E-state index contributed by atoms with van der Waals surface area (Å²) in [7, 11) is 3.30. The molecular formula is C22H25N5O2. The van der Waals surface area contributed by atoms with Crippen LogP contribution in [0.15, 0.2) is 49.3 Å². The SMILES string of the molecule is COc1ccnc(CN2CCC[C@@H](c3ncncc3-c3ccncc3)C2)c1OC. The Morgan fingerprint density at radius 2 is 1.90 bits per heavy atom. The molecule has 0 aromatic carbocycles. The molecule has 3 aromatic heterocycles. The molecule has 1 aliphatic heterocycles. The van der Waals surface area contributed by atoms with Crippen molar-refractivity contribution in [2.45, 2.75) is 25.3 Å². The molecule has 4 heterocycles. The van der Waals surface area contributed by atoms with Gasteiger partial charge in [0.05, 0.1) is 19.9 Å². The highest BCUT2D eigenvalue weighted by Crippen LogP contribution is 2.34. The average molecular weight is 391 g/mol. The summed E-state index contributed by atoms with van der Waals surface area (Å²) in [5, 5.41) is 0. The molecule has 0 aliphatic carbocycles. The monoisotopic (exact) mass is 391 g/mol. The Balaban J connectivity index is 1.56. The molecular weight excluding hydrogens is 366 g/mol. The molecule has 7 heteroatoms. The molecule has 1 saturated heterocycles. The molecule has 0 unspecified atom stereocenters. The lowest BCUT2D eigenvalue weighted by Crippen LogP contribution is -2.34. The van der Waals surface area contributed by atoms with Crippen LogP contribution in [0, 0.1) is 0 Å². The zero-order valence-corrected chi connectivity index (χ0v) is 16.8. The van der Waals surface area contributed by atoms with Gasteiger partial charge in [-0.1, -0.05) is 0 Å². The summed E-state index contributed by atoms with van der Waals surface area (Å²) >= 11 is 0. The highest BCUT2D eigenvalue weighted by molar-refractivity contribution is 5.65. The summed E-state index contributed by atoms with van der Waals surface area (Å²) in [6, 6.07) is 5.84. The van der Waals surface area contributed by atoms with Crippen molar-refractivity contribution >= 4 is 0 Å². The standard InChI is InChI=1S/C22H25N5O2/c1-28-20-7-10-25-19(22(20)29-2)14-27-11-3-4-17(13-27)21-18(12-24-15-26-21)16-5-8-23-9-6-16/h5-10,12,15,17H,3-4,11,13-14H2,1-2H3/t17-/m1/s1. The van der Waals surface area contributed by atoms with Crippen LogP contribution in [0.3, 0.4) is 0 Å². The second-order valence-electron chi connectivity index (χ2n) is 7.12. The third-order valence-electron chi connectivity index (χ3n) is 5.37. The maximum Gasteiger partial charge on any atom is 0.183 e. The lowest BCUT2D eigenvalue weighted by atomic mass is 9.90. The first-order valence-corrected chi connectivity index (χ1v) is 9.78. The number of hydrogen-bond acceptors (Lipinski definition) is 7. The minimum absolute atomic E-state index is 0.339. The Morgan fingerprint density at radius 1 is 1.03 bits per heavy atom. The number of likely N-dealkylation sites (tertiary alicyclic amines) is 1. The first-order chi connectivity index (χ1) is 14.3. The van der Waals surface area contributed by atoms with Crippen LogP contribution >= 0.6 is 0 Å². The minimum Gasteiger partial charge on any atom is -0.493 e. The topological polar surface area (TPSA) is 73.3 Å². The molecule has 150 valence electrons. The summed E-state index contributed by atoms with van der Waals surface area (Å²) in [6.45, 7) is 2.65.